The van der Waals surface area contributed by atoms with Crippen molar-refractivity contribution in [3.8, 4) is 0 Å². The van der Waals surface area contributed by atoms with Gasteiger partial charge in [0.1, 0.15) is 12.2 Å². The third-order valence-corrected chi connectivity index (χ3v) is 2.64. The van der Waals surface area contributed by atoms with E-state index in [-0.39, 0.29) is 6.61 Å². The minimum absolute atomic E-state index is 0.194. The zero-order valence-corrected chi connectivity index (χ0v) is 9.02. The van der Waals surface area contributed by atoms with Crippen LogP contribution in [0.25, 0.3) is 0 Å². The summed E-state index contributed by atoms with van der Waals surface area (Å²) in [6.07, 6.45) is -3.99. The van der Waals surface area contributed by atoms with Crippen molar-refractivity contribution < 1.29 is 34.0 Å². The van der Waals surface area contributed by atoms with Crippen LogP contribution in [0.1, 0.15) is 0 Å². The zero-order chi connectivity index (χ0) is 12.4. The molecule has 0 radical (unpaired) electrons. The minimum atomic E-state index is -1.14. The number of carbonyl (C=O) groups is 1. The van der Waals surface area contributed by atoms with Crippen molar-refractivity contribution in [1.29, 1.82) is 0 Å². The van der Waals surface area contributed by atoms with Gasteiger partial charge >= 0.3 is 6.16 Å². The molecule has 96 valence electrons. The van der Waals surface area contributed by atoms with Crippen LogP contribution in [0.15, 0.2) is 12.7 Å². The van der Waals surface area contributed by atoms with E-state index in [4.69, 9.17) is 24.1 Å². The van der Waals surface area contributed by atoms with Crippen LogP contribution >= 0.6 is 0 Å². The van der Waals surface area contributed by atoms with Crippen LogP contribution < -0.4 is 0 Å². The first kappa shape index (κ1) is 12.3. The largest absolute Gasteiger partial charge is 0.509 e. The Morgan fingerprint density at radius 2 is 2.12 bits per heavy atom. The van der Waals surface area contributed by atoms with Gasteiger partial charge in [-0.1, -0.05) is 6.08 Å². The number of aliphatic hydroxyl groups is 2. The molecule has 0 bridgehead atoms. The number of aliphatic hydroxyl groups excluding tert-OH is 2. The van der Waals surface area contributed by atoms with Crippen LogP contribution in [-0.2, 0) is 18.9 Å². The molecule has 0 aromatic rings. The van der Waals surface area contributed by atoms with Crippen molar-refractivity contribution in [1.82, 2.24) is 0 Å². The fraction of sp³-hybridized carbons (Fsp3) is 0.700. The van der Waals surface area contributed by atoms with E-state index in [1.54, 1.807) is 0 Å². The molecule has 2 heterocycles. The SMILES string of the molecule is C=CCO[C@H]1O[C@H](CO)[C@@H](O)[C@@H]2OC(=O)O[C@H]12. The molecular weight excluding hydrogens is 232 g/mol. The Bertz CT molecular complexity index is 305. The molecule has 0 amide bonds. The van der Waals surface area contributed by atoms with Crippen molar-refractivity contribution >= 4 is 6.16 Å². The summed E-state index contributed by atoms with van der Waals surface area (Å²) < 4.78 is 20.2. The summed E-state index contributed by atoms with van der Waals surface area (Å²) in [5, 5.41) is 18.8. The van der Waals surface area contributed by atoms with E-state index in [0.717, 1.165) is 0 Å². The molecule has 0 spiro atoms. The van der Waals surface area contributed by atoms with Gasteiger partial charge in [-0.3, -0.25) is 0 Å². The van der Waals surface area contributed by atoms with Gasteiger partial charge in [0.05, 0.1) is 13.2 Å². The normalized spacial score (nSPS) is 40.4. The van der Waals surface area contributed by atoms with Gasteiger partial charge in [-0.2, -0.15) is 0 Å². The van der Waals surface area contributed by atoms with Gasteiger partial charge in [0.2, 0.25) is 0 Å². The maximum atomic E-state index is 11.0. The summed E-state index contributed by atoms with van der Waals surface area (Å²) in [6, 6.07) is 0. The predicted octanol–water partition coefficient (Wildman–Crippen LogP) is -0.829. The molecule has 0 unspecified atom stereocenters. The van der Waals surface area contributed by atoms with E-state index in [2.05, 4.69) is 6.58 Å². The first-order chi connectivity index (χ1) is 8.17. The van der Waals surface area contributed by atoms with Gasteiger partial charge in [-0.05, 0) is 0 Å². The maximum absolute atomic E-state index is 11.0. The first-order valence-corrected chi connectivity index (χ1v) is 5.21. The van der Waals surface area contributed by atoms with Crippen LogP contribution in [0.2, 0.25) is 0 Å². The van der Waals surface area contributed by atoms with Crippen LogP contribution in [0.5, 0.6) is 0 Å². The molecule has 2 rings (SSSR count). The summed E-state index contributed by atoms with van der Waals surface area (Å²) in [6.45, 7) is 3.27. The molecule has 0 saturated carbocycles. The number of hydrogen-bond donors (Lipinski definition) is 2. The fourth-order valence-corrected chi connectivity index (χ4v) is 1.85. The monoisotopic (exact) mass is 246 g/mol. The van der Waals surface area contributed by atoms with Crippen molar-refractivity contribution in [2.24, 2.45) is 0 Å². The average Bonchev–Trinajstić information content (AvgIpc) is 2.71. The average molecular weight is 246 g/mol. The van der Waals surface area contributed by atoms with E-state index in [1.807, 2.05) is 0 Å². The predicted molar refractivity (Wildman–Crippen MR) is 53.0 cm³/mol. The van der Waals surface area contributed by atoms with Gasteiger partial charge < -0.3 is 29.2 Å². The molecule has 2 N–H and O–H groups in total. The Kier molecular flexibility index (Phi) is 3.63. The summed E-state index contributed by atoms with van der Waals surface area (Å²) in [7, 11) is 0. The Balaban J connectivity index is 2.10. The molecule has 0 aromatic heterocycles. The molecule has 2 fully saturated rings. The second kappa shape index (κ2) is 5.01. The van der Waals surface area contributed by atoms with Crippen LogP contribution in [0.3, 0.4) is 0 Å². The highest BCUT2D eigenvalue weighted by Crippen LogP contribution is 2.31. The lowest BCUT2D eigenvalue weighted by Crippen LogP contribution is -2.57. The van der Waals surface area contributed by atoms with Crippen molar-refractivity contribution in [3.05, 3.63) is 12.7 Å². The Hall–Kier alpha value is -1.15. The van der Waals surface area contributed by atoms with Gasteiger partial charge in [0.25, 0.3) is 0 Å². The summed E-state index contributed by atoms with van der Waals surface area (Å²) in [5.74, 6) is 0. The topological polar surface area (TPSA) is 94.5 Å². The molecule has 2 saturated heterocycles. The number of hydrogen-bond acceptors (Lipinski definition) is 7. The Labute approximate surface area is 97.5 Å². The van der Waals surface area contributed by atoms with E-state index in [1.165, 1.54) is 6.08 Å². The Morgan fingerprint density at radius 1 is 1.41 bits per heavy atom. The first-order valence-electron chi connectivity index (χ1n) is 5.21. The minimum Gasteiger partial charge on any atom is -0.424 e. The lowest BCUT2D eigenvalue weighted by atomic mass is 9.99. The highest BCUT2D eigenvalue weighted by Gasteiger charge is 2.54. The van der Waals surface area contributed by atoms with E-state index in [9.17, 15) is 9.90 Å². The summed E-state index contributed by atoms with van der Waals surface area (Å²) >= 11 is 0. The second-order valence-electron chi connectivity index (χ2n) is 3.75. The fourth-order valence-electron chi connectivity index (χ4n) is 1.85. The van der Waals surface area contributed by atoms with Gasteiger partial charge in [-0.15, -0.1) is 6.58 Å². The van der Waals surface area contributed by atoms with E-state index < -0.39 is 43.5 Å². The van der Waals surface area contributed by atoms with Crippen LogP contribution in [-0.4, -0.2) is 60.3 Å². The van der Waals surface area contributed by atoms with Gasteiger partial charge in [0.15, 0.2) is 18.5 Å². The number of ether oxygens (including phenoxy) is 4. The highest BCUT2D eigenvalue weighted by molar-refractivity contribution is 5.62. The maximum Gasteiger partial charge on any atom is 0.509 e. The smallest absolute Gasteiger partial charge is 0.424 e. The molecule has 2 aliphatic rings. The van der Waals surface area contributed by atoms with E-state index in [0.29, 0.717) is 0 Å². The Morgan fingerprint density at radius 3 is 2.76 bits per heavy atom. The highest BCUT2D eigenvalue weighted by atomic mass is 16.8. The van der Waals surface area contributed by atoms with Gasteiger partial charge in [-0.25, -0.2) is 4.79 Å². The lowest BCUT2D eigenvalue weighted by Gasteiger charge is -2.37. The van der Waals surface area contributed by atoms with Crippen LogP contribution in [0, 0.1) is 0 Å². The zero-order valence-electron chi connectivity index (χ0n) is 9.02. The second-order valence-corrected chi connectivity index (χ2v) is 3.75. The van der Waals surface area contributed by atoms with Crippen LogP contribution in [0.4, 0.5) is 4.79 Å². The summed E-state index contributed by atoms with van der Waals surface area (Å²) in [4.78, 5) is 11.0. The molecule has 7 heteroatoms. The lowest BCUT2D eigenvalue weighted by molar-refractivity contribution is -0.275. The molecule has 2 aliphatic heterocycles. The van der Waals surface area contributed by atoms with Gasteiger partial charge in [0, 0.05) is 0 Å². The van der Waals surface area contributed by atoms with Crippen molar-refractivity contribution in [2.75, 3.05) is 13.2 Å². The van der Waals surface area contributed by atoms with Crippen molar-refractivity contribution in [2.45, 2.75) is 30.7 Å². The molecule has 17 heavy (non-hydrogen) atoms. The standard InChI is InChI=1S/C10H14O7/c1-2-3-14-9-8-7(16-10(13)17-8)6(12)5(4-11)15-9/h2,5-9,11-12H,1,3-4H2/t5-,6-,7+,8+,9+/m1/s1. The molecular formula is C10H14O7. The summed E-state index contributed by atoms with van der Waals surface area (Å²) in [5.41, 5.74) is 0. The quantitative estimate of drug-likeness (QED) is 0.494. The molecule has 0 aromatic carbocycles. The van der Waals surface area contributed by atoms with E-state index >= 15 is 0 Å². The molecule has 7 nitrogen and oxygen atoms in total. The number of carbonyl (C=O) groups excluding carboxylic acids is 1. The number of rotatable bonds is 4. The number of fused-ring (bicyclic) bond motifs is 1. The third-order valence-electron chi connectivity index (χ3n) is 2.64. The molecule has 5 atom stereocenters. The molecule has 0 aliphatic carbocycles. The third kappa shape index (κ3) is 2.27. The van der Waals surface area contributed by atoms with Crippen molar-refractivity contribution in [3.63, 3.8) is 0 Å².